The lowest BCUT2D eigenvalue weighted by Gasteiger charge is -2.26. The Labute approximate surface area is 123 Å². The monoisotopic (exact) mass is 284 g/mol. The van der Waals surface area contributed by atoms with Crippen LogP contribution in [-0.4, -0.2) is 17.4 Å². The summed E-state index contributed by atoms with van der Waals surface area (Å²) >= 11 is 0. The van der Waals surface area contributed by atoms with Crippen LogP contribution >= 0.6 is 0 Å². The molecule has 0 saturated heterocycles. The Kier molecular flexibility index (Phi) is 4.08. The van der Waals surface area contributed by atoms with E-state index in [1.807, 2.05) is 24.3 Å². The molecule has 108 valence electrons. The number of rotatable bonds is 4. The molecule has 0 bridgehead atoms. The number of esters is 1. The predicted octanol–water partition coefficient (Wildman–Crippen LogP) is 2.82. The van der Waals surface area contributed by atoms with E-state index >= 15 is 0 Å². The molecule has 1 N–H and O–H groups in total. The van der Waals surface area contributed by atoms with E-state index in [0.29, 0.717) is 5.75 Å². The third kappa shape index (κ3) is 3.28. The molecule has 0 spiro atoms. The summed E-state index contributed by atoms with van der Waals surface area (Å²) in [5.41, 5.74) is 1.82. The molecule has 0 aliphatic rings. The SMILES string of the molecule is CC(C)(c1ccc(O)cc1)c1ccc(OC(=O)C=O)cc1. The number of benzene rings is 2. The van der Waals surface area contributed by atoms with Gasteiger partial charge in [0.2, 0.25) is 6.29 Å². The summed E-state index contributed by atoms with van der Waals surface area (Å²) < 4.78 is 4.81. The Morgan fingerprint density at radius 2 is 1.48 bits per heavy atom. The van der Waals surface area contributed by atoms with E-state index in [4.69, 9.17) is 4.74 Å². The Bertz CT molecular complexity index is 639. The van der Waals surface area contributed by atoms with Crippen LogP contribution in [0, 0.1) is 0 Å². The second-order valence-electron chi connectivity index (χ2n) is 5.24. The summed E-state index contributed by atoms with van der Waals surface area (Å²) in [5.74, 6) is -0.358. The van der Waals surface area contributed by atoms with Gasteiger partial charge in [0.15, 0.2) is 0 Å². The summed E-state index contributed by atoms with van der Waals surface area (Å²) in [6, 6.07) is 14.0. The highest BCUT2D eigenvalue weighted by atomic mass is 16.5. The van der Waals surface area contributed by atoms with Gasteiger partial charge in [0.05, 0.1) is 0 Å². The van der Waals surface area contributed by atoms with Gasteiger partial charge in [0.1, 0.15) is 11.5 Å². The first-order chi connectivity index (χ1) is 9.93. The first kappa shape index (κ1) is 14.8. The maximum Gasteiger partial charge on any atom is 0.376 e. The molecule has 0 radical (unpaired) electrons. The predicted molar refractivity (Wildman–Crippen MR) is 78.4 cm³/mol. The third-order valence-electron chi connectivity index (χ3n) is 3.48. The average Bonchev–Trinajstić information content (AvgIpc) is 2.48. The number of phenols is 1. The maximum atomic E-state index is 10.9. The summed E-state index contributed by atoms with van der Waals surface area (Å²) in [5, 5.41) is 9.36. The zero-order valence-electron chi connectivity index (χ0n) is 11.9. The molecule has 2 aromatic carbocycles. The maximum absolute atomic E-state index is 10.9. The van der Waals surface area contributed by atoms with E-state index in [-0.39, 0.29) is 17.5 Å². The van der Waals surface area contributed by atoms with Crippen LogP contribution in [0.3, 0.4) is 0 Å². The fraction of sp³-hybridized carbons (Fsp3) is 0.176. The number of carbonyl (C=O) groups excluding carboxylic acids is 2. The van der Waals surface area contributed by atoms with Gasteiger partial charge >= 0.3 is 5.97 Å². The van der Waals surface area contributed by atoms with Crippen LogP contribution in [-0.2, 0) is 15.0 Å². The van der Waals surface area contributed by atoms with Crippen LogP contribution in [0.15, 0.2) is 48.5 Å². The average molecular weight is 284 g/mol. The number of carbonyl (C=O) groups is 2. The second kappa shape index (κ2) is 5.79. The van der Waals surface area contributed by atoms with E-state index in [9.17, 15) is 14.7 Å². The van der Waals surface area contributed by atoms with Gasteiger partial charge < -0.3 is 9.84 Å². The van der Waals surface area contributed by atoms with Crippen molar-refractivity contribution in [2.45, 2.75) is 19.3 Å². The van der Waals surface area contributed by atoms with Gasteiger partial charge in [-0.05, 0) is 35.4 Å². The summed E-state index contributed by atoms with van der Waals surface area (Å²) in [7, 11) is 0. The second-order valence-corrected chi connectivity index (χ2v) is 5.24. The van der Waals surface area contributed by atoms with Crippen LogP contribution in [0.1, 0.15) is 25.0 Å². The molecule has 2 aromatic rings. The number of phenolic OH excluding ortho intramolecular Hbond substituents is 1. The van der Waals surface area contributed by atoms with Crippen molar-refractivity contribution >= 4 is 12.3 Å². The Morgan fingerprint density at radius 3 is 1.95 bits per heavy atom. The van der Waals surface area contributed by atoms with Crippen molar-refractivity contribution in [3.05, 3.63) is 59.7 Å². The lowest BCUT2D eigenvalue weighted by atomic mass is 9.78. The number of hydrogen-bond acceptors (Lipinski definition) is 4. The molecular weight excluding hydrogens is 268 g/mol. The van der Waals surface area contributed by atoms with Crippen molar-refractivity contribution < 1.29 is 19.4 Å². The fourth-order valence-electron chi connectivity index (χ4n) is 2.12. The number of aromatic hydroxyl groups is 1. The summed E-state index contributed by atoms with van der Waals surface area (Å²) in [6.07, 6.45) is 0.133. The summed E-state index contributed by atoms with van der Waals surface area (Å²) in [4.78, 5) is 21.2. The smallest absolute Gasteiger partial charge is 0.376 e. The van der Waals surface area contributed by atoms with E-state index < -0.39 is 5.97 Å². The Morgan fingerprint density at radius 1 is 1.00 bits per heavy atom. The van der Waals surface area contributed by atoms with Gasteiger partial charge in [-0.25, -0.2) is 4.79 Å². The molecule has 0 unspecified atom stereocenters. The first-order valence-corrected chi connectivity index (χ1v) is 6.50. The largest absolute Gasteiger partial charge is 0.508 e. The number of aldehydes is 1. The minimum Gasteiger partial charge on any atom is -0.508 e. The quantitative estimate of drug-likeness (QED) is 0.406. The fourth-order valence-corrected chi connectivity index (χ4v) is 2.12. The summed E-state index contributed by atoms with van der Waals surface area (Å²) in [6.45, 7) is 4.12. The van der Waals surface area contributed by atoms with Gasteiger partial charge in [-0.1, -0.05) is 38.1 Å². The molecule has 0 amide bonds. The van der Waals surface area contributed by atoms with Gasteiger partial charge in [-0.15, -0.1) is 0 Å². The minimum absolute atomic E-state index is 0.133. The highest BCUT2D eigenvalue weighted by molar-refractivity contribution is 6.21. The van der Waals surface area contributed by atoms with Crippen molar-refractivity contribution in [1.82, 2.24) is 0 Å². The minimum atomic E-state index is -0.916. The van der Waals surface area contributed by atoms with E-state index in [0.717, 1.165) is 11.1 Å². The zero-order chi connectivity index (χ0) is 15.5. The van der Waals surface area contributed by atoms with Crippen LogP contribution in [0.4, 0.5) is 0 Å². The van der Waals surface area contributed by atoms with Crippen LogP contribution in [0.25, 0.3) is 0 Å². The topological polar surface area (TPSA) is 63.6 Å². The molecule has 4 nitrogen and oxygen atoms in total. The highest BCUT2D eigenvalue weighted by Gasteiger charge is 2.23. The van der Waals surface area contributed by atoms with Gasteiger partial charge in [0.25, 0.3) is 0 Å². The van der Waals surface area contributed by atoms with E-state index in [2.05, 4.69) is 13.8 Å². The van der Waals surface area contributed by atoms with Gasteiger partial charge in [-0.3, -0.25) is 4.79 Å². The lowest BCUT2D eigenvalue weighted by Crippen LogP contribution is -2.18. The van der Waals surface area contributed by atoms with Crippen molar-refractivity contribution in [1.29, 1.82) is 0 Å². The molecule has 0 saturated carbocycles. The van der Waals surface area contributed by atoms with Crippen LogP contribution < -0.4 is 4.74 Å². The molecule has 0 heterocycles. The molecule has 21 heavy (non-hydrogen) atoms. The molecule has 0 aromatic heterocycles. The Hall–Kier alpha value is -2.62. The molecule has 0 fully saturated rings. The molecular formula is C17H16O4. The van der Waals surface area contributed by atoms with Crippen LogP contribution in [0.5, 0.6) is 11.5 Å². The van der Waals surface area contributed by atoms with E-state index in [1.54, 1.807) is 24.3 Å². The Balaban J connectivity index is 2.26. The van der Waals surface area contributed by atoms with Gasteiger partial charge in [-0.2, -0.15) is 0 Å². The molecule has 4 heteroatoms. The number of ether oxygens (including phenoxy) is 1. The van der Waals surface area contributed by atoms with Crippen molar-refractivity contribution in [2.24, 2.45) is 0 Å². The lowest BCUT2D eigenvalue weighted by molar-refractivity contribution is -0.141. The zero-order valence-corrected chi connectivity index (χ0v) is 11.9. The first-order valence-electron chi connectivity index (χ1n) is 6.50. The highest BCUT2D eigenvalue weighted by Crippen LogP contribution is 2.33. The normalized spacial score (nSPS) is 11.0. The molecule has 0 aliphatic heterocycles. The van der Waals surface area contributed by atoms with Crippen LogP contribution in [0.2, 0.25) is 0 Å². The molecule has 0 aliphatic carbocycles. The van der Waals surface area contributed by atoms with Gasteiger partial charge in [0, 0.05) is 5.41 Å². The van der Waals surface area contributed by atoms with E-state index in [1.165, 1.54) is 0 Å². The van der Waals surface area contributed by atoms with Crippen molar-refractivity contribution in [2.75, 3.05) is 0 Å². The van der Waals surface area contributed by atoms with Crippen molar-refractivity contribution in [3.63, 3.8) is 0 Å². The standard InChI is InChI=1S/C17H16O4/c1-17(2,12-3-7-14(19)8-4-12)13-5-9-15(10-6-13)21-16(20)11-18/h3-11,19H,1-2H3. The number of hydrogen-bond donors (Lipinski definition) is 1. The molecule has 0 atom stereocenters. The molecule has 2 rings (SSSR count). The third-order valence-corrected chi connectivity index (χ3v) is 3.48. The van der Waals surface area contributed by atoms with Crippen molar-refractivity contribution in [3.8, 4) is 11.5 Å².